The molecule has 134 valence electrons. The van der Waals surface area contributed by atoms with Crippen LogP contribution in [-0.4, -0.2) is 65.2 Å². The zero-order valence-electron chi connectivity index (χ0n) is 14.6. The highest BCUT2D eigenvalue weighted by atomic mass is 16.5. The van der Waals surface area contributed by atoms with Crippen molar-refractivity contribution < 1.29 is 9.53 Å². The number of nitrogens with zero attached hydrogens (tertiary/aromatic N) is 4. The van der Waals surface area contributed by atoms with Crippen LogP contribution in [0.25, 0.3) is 0 Å². The second-order valence-corrected chi connectivity index (χ2v) is 6.11. The smallest absolute Gasteiger partial charge is 0.317 e. The number of hydrogen-bond acceptors (Lipinski definition) is 4. The van der Waals surface area contributed by atoms with Gasteiger partial charge in [-0.1, -0.05) is 18.2 Å². The molecule has 0 unspecified atom stereocenters. The molecular formula is C18H25N5O2. The van der Waals surface area contributed by atoms with Crippen LogP contribution in [0.15, 0.2) is 43.0 Å². The zero-order valence-corrected chi connectivity index (χ0v) is 14.6. The van der Waals surface area contributed by atoms with Crippen molar-refractivity contribution in [3.8, 4) is 5.75 Å². The summed E-state index contributed by atoms with van der Waals surface area (Å²) in [6, 6.07) is 8.10. The number of benzene rings is 1. The summed E-state index contributed by atoms with van der Waals surface area (Å²) in [7, 11) is 1.70. The van der Waals surface area contributed by atoms with Crippen molar-refractivity contribution in [3.63, 3.8) is 0 Å². The van der Waals surface area contributed by atoms with Gasteiger partial charge in [-0.25, -0.2) is 9.78 Å². The van der Waals surface area contributed by atoms with E-state index in [1.165, 1.54) is 5.56 Å². The molecule has 7 heteroatoms. The number of methoxy groups -OCH3 is 1. The SMILES string of the molecule is COc1ccccc1CN1CCN(C(=O)NCCn2ccnc2)CC1. The number of amides is 2. The van der Waals surface area contributed by atoms with Crippen LogP contribution in [0.3, 0.4) is 0 Å². The van der Waals surface area contributed by atoms with Crippen molar-refractivity contribution >= 4 is 6.03 Å². The number of piperazine rings is 1. The van der Waals surface area contributed by atoms with Crippen LogP contribution >= 0.6 is 0 Å². The predicted octanol–water partition coefficient (Wildman–Crippen LogP) is 1.42. The van der Waals surface area contributed by atoms with Gasteiger partial charge in [0.15, 0.2) is 0 Å². The van der Waals surface area contributed by atoms with Crippen molar-refractivity contribution in [2.45, 2.75) is 13.1 Å². The Morgan fingerprint density at radius 2 is 2.04 bits per heavy atom. The van der Waals surface area contributed by atoms with Gasteiger partial charge in [-0.05, 0) is 6.07 Å². The first-order valence-corrected chi connectivity index (χ1v) is 8.59. The number of imidazole rings is 1. The van der Waals surface area contributed by atoms with E-state index in [4.69, 9.17) is 4.74 Å². The van der Waals surface area contributed by atoms with Gasteiger partial charge in [0.05, 0.1) is 13.4 Å². The molecule has 1 aromatic heterocycles. The highest BCUT2D eigenvalue weighted by molar-refractivity contribution is 5.74. The number of carbonyl (C=O) groups is 1. The maximum absolute atomic E-state index is 12.2. The molecule has 0 radical (unpaired) electrons. The summed E-state index contributed by atoms with van der Waals surface area (Å²) >= 11 is 0. The molecule has 1 aromatic carbocycles. The fourth-order valence-corrected chi connectivity index (χ4v) is 3.01. The van der Waals surface area contributed by atoms with Crippen LogP contribution in [0.1, 0.15) is 5.56 Å². The van der Waals surface area contributed by atoms with Crippen LogP contribution in [0.2, 0.25) is 0 Å². The molecule has 1 aliphatic heterocycles. The lowest BCUT2D eigenvalue weighted by Crippen LogP contribution is -2.51. The van der Waals surface area contributed by atoms with Crippen LogP contribution in [0.5, 0.6) is 5.75 Å². The van der Waals surface area contributed by atoms with Gasteiger partial charge >= 0.3 is 6.03 Å². The van der Waals surface area contributed by atoms with Gasteiger partial charge in [0, 0.05) is 63.8 Å². The summed E-state index contributed by atoms with van der Waals surface area (Å²) in [5.41, 5.74) is 1.18. The molecule has 1 fully saturated rings. The number of carbonyl (C=O) groups excluding carboxylic acids is 1. The quantitative estimate of drug-likeness (QED) is 0.862. The molecule has 0 atom stereocenters. The van der Waals surface area contributed by atoms with E-state index in [-0.39, 0.29) is 6.03 Å². The molecule has 25 heavy (non-hydrogen) atoms. The lowest BCUT2D eigenvalue weighted by Gasteiger charge is -2.34. The Bertz CT molecular complexity index is 666. The summed E-state index contributed by atoms with van der Waals surface area (Å²) in [4.78, 5) is 20.5. The third kappa shape index (κ3) is 4.73. The van der Waals surface area contributed by atoms with Gasteiger partial charge in [-0.15, -0.1) is 0 Å². The molecule has 3 rings (SSSR count). The van der Waals surface area contributed by atoms with E-state index in [1.807, 2.05) is 33.9 Å². The topological polar surface area (TPSA) is 62.6 Å². The molecule has 7 nitrogen and oxygen atoms in total. The van der Waals surface area contributed by atoms with Gasteiger partial charge < -0.3 is 19.5 Å². The molecule has 2 aromatic rings. The molecule has 1 N–H and O–H groups in total. The fourth-order valence-electron chi connectivity index (χ4n) is 3.01. The average Bonchev–Trinajstić information content (AvgIpc) is 3.16. The molecule has 1 saturated heterocycles. The number of hydrogen-bond donors (Lipinski definition) is 1. The van der Waals surface area contributed by atoms with E-state index < -0.39 is 0 Å². The zero-order chi connectivity index (χ0) is 17.5. The summed E-state index contributed by atoms with van der Waals surface area (Å²) in [6.07, 6.45) is 5.38. The highest BCUT2D eigenvalue weighted by Gasteiger charge is 2.21. The summed E-state index contributed by atoms with van der Waals surface area (Å²) < 4.78 is 7.36. The van der Waals surface area contributed by atoms with Gasteiger partial charge in [0.2, 0.25) is 0 Å². The van der Waals surface area contributed by atoms with Crippen molar-refractivity contribution in [2.75, 3.05) is 39.8 Å². The minimum Gasteiger partial charge on any atom is -0.496 e. The molecule has 2 heterocycles. The standard InChI is InChI=1S/C18H25N5O2/c1-25-17-5-3-2-4-16(17)14-21-10-12-23(13-11-21)18(24)20-7-9-22-8-6-19-15-22/h2-6,8,15H,7,9-14H2,1H3,(H,20,24). The first kappa shape index (κ1) is 17.3. The maximum Gasteiger partial charge on any atom is 0.317 e. The van der Waals surface area contributed by atoms with Gasteiger partial charge in [0.1, 0.15) is 5.75 Å². The van der Waals surface area contributed by atoms with Gasteiger partial charge in [-0.2, -0.15) is 0 Å². The molecule has 0 saturated carbocycles. The van der Waals surface area contributed by atoms with Crippen LogP contribution in [0, 0.1) is 0 Å². The molecule has 1 aliphatic rings. The van der Waals surface area contributed by atoms with Crippen LogP contribution in [0.4, 0.5) is 4.79 Å². The summed E-state index contributed by atoms with van der Waals surface area (Å²) in [5, 5.41) is 2.97. The van der Waals surface area contributed by atoms with Crippen molar-refractivity contribution in [1.29, 1.82) is 0 Å². The van der Waals surface area contributed by atoms with Gasteiger partial charge in [0.25, 0.3) is 0 Å². The predicted molar refractivity (Wildman–Crippen MR) is 95.5 cm³/mol. The lowest BCUT2D eigenvalue weighted by atomic mass is 10.1. The molecule has 0 spiro atoms. The number of urea groups is 1. The van der Waals surface area contributed by atoms with E-state index in [2.05, 4.69) is 21.3 Å². The minimum absolute atomic E-state index is 0.0112. The van der Waals surface area contributed by atoms with Crippen LogP contribution in [-0.2, 0) is 13.1 Å². The van der Waals surface area contributed by atoms with Crippen LogP contribution < -0.4 is 10.1 Å². The Hall–Kier alpha value is -2.54. The highest BCUT2D eigenvalue weighted by Crippen LogP contribution is 2.19. The Balaban J connectivity index is 1.41. The minimum atomic E-state index is 0.0112. The number of nitrogens with one attached hydrogen (secondary N) is 1. The average molecular weight is 343 g/mol. The van der Waals surface area contributed by atoms with E-state index in [9.17, 15) is 4.79 Å². The monoisotopic (exact) mass is 343 g/mol. The molecule has 0 bridgehead atoms. The molecular weight excluding hydrogens is 318 g/mol. The third-order valence-electron chi connectivity index (χ3n) is 4.45. The van der Waals surface area contributed by atoms with Gasteiger partial charge in [-0.3, -0.25) is 4.90 Å². The van der Waals surface area contributed by atoms with Crippen molar-refractivity contribution in [2.24, 2.45) is 0 Å². The first-order valence-electron chi connectivity index (χ1n) is 8.59. The van der Waals surface area contributed by atoms with Crippen molar-refractivity contribution in [1.82, 2.24) is 24.7 Å². The largest absolute Gasteiger partial charge is 0.496 e. The Morgan fingerprint density at radius 3 is 2.76 bits per heavy atom. The number of para-hydroxylation sites is 1. The molecule has 0 aliphatic carbocycles. The Labute approximate surface area is 148 Å². The fraction of sp³-hybridized carbons (Fsp3) is 0.444. The third-order valence-corrected chi connectivity index (χ3v) is 4.45. The van der Waals surface area contributed by atoms with E-state index >= 15 is 0 Å². The van der Waals surface area contributed by atoms with E-state index in [0.717, 1.165) is 45.0 Å². The molecule has 2 amide bonds. The first-order chi connectivity index (χ1) is 12.3. The summed E-state index contributed by atoms with van der Waals surface area (Å²) in [6.45, 7) is 5.41. The normalized spacial score (nSPS) is 15.2. The maximum atomic E-state index is 12.2. The Morgan fingerprint density at radius 1 is 1.24 bits per heavy atom. The second-order valence-electron chi connectivity index (χ2n) is 6.11. The number of aromatic nitrogens is 2. The number of rotatable bonds is 6. The van der Waals surface area contributed by atoms with E-state index in [0.29, 0.717) is 6.54 Å². The second kappa shape index (κ2) is 8.53. The Kier molecular flexibility index (Phi) is 5.90. The number of ether oxygens (including phenoxy) is 1. The lowest BCUT2D eigenvalue weighted by molar-refractivity contribution is 0.134. The van der Waals surface area contributed by atoms with E-state index in [1.54, 1.807) is 19.6 Å². The summed E-state index contributed by atoms with van der Waals surface area (Å²) in [5.74, 6) is 0.919. The van der Waals surface area contributed by atoms with Crippen molar-refractivity contribution in [3.05, 3.63) is 48.5 Å².